The Morgan fingerprint density at radius 1 is 1.45 bits per heavy atom. The number of nitrogens with one attached hydrogen (secondary N) is 2. The minimum Gasteiger partial charge on any atom is -0.345 e. The molecule has 0 spiro atoms. The maximum absolute atomic E-state index is 14.2. The molecule has 1 aliphatic heterocycles. The predicted octanol–water partition coefficient (Wildman–Crippen LogP) is 1.81. The molecule has 0 aliphatic carbocycles. The average Bonchev–Trinajstić information content (AvgIpc) is 2.45. The molecule has 4 N–H and O–H groups in total. The first-order valence-electron chi connectivity index (χ1n) is 7.41. The smallest absolute Gasteiger partial charge is 0.254 e. The lowest BCUT2D eigenvalue weighted by Gasteiger charge is -2.33. The summed E-state index contributed by atoms with van der Waals surface area (Å²) in [6.07, 6.45) is 0.840. The molecule has 0 fully saturated rings. The normalized spacial score (nSPS) is 16.7. The van der Waals surface area contributed by atoms with E-state index in [2.05, 4.69) is 10.6 Å². The first-order valence-corrected chi connectivity index (χ1v) is 7.41. The van der Waals surface area contributed by atoms with Gasteiger partial charge in [-0.2, -0.15) is 0 Å². The van der Waals surface area contributed by atoms with Gasteiger partial charge in [0.15, 0.2) is 0 Å². The Morgan fingerprint density at radius 3 is 2.73 bits per heavy atom. The zero-order chi connectivity index (χ0) is 16.5. The Labute approximate surface area is 129 Å². The molecule has 1 atom stereocenters. The second-order valence-electron chi connectivity index (χ2n) is 6.27. The van der Waals surface area contributed by atoms with Gasteiger partial charge in [-0.15, -0.1) is 0 Å². The van der Waals surface area contributed by atoms with Gasteiger partial charge in [-0.3, -0.25) is 9.59 Å². The van der Waals surface area contributed by atoms with Crippen molar-refractivity contribution in [3.8, 4) is 0 Å². The van der Waals surface area contributed by atoms with E-state index < -0.39 is 17.3 Å². The minimum absolute atomic E-state index is 0.0183. The van der Waals surface area contributed by atoms with Gasteiger partial charge in [0.1, 0.15) is 5.82 Å². The summed E-state index contributed by atoms with van der Waals surface area (Å²) in [6, 6.07) is 2.72. The van der Waals surface area contributed by atoms with Crippen molar-refractivity contribution in [2.75, 3.05) is 11.9 Å². The topological polar surface area (TPSA) is 84.2 Å². The highest BCUT2D eigenvalue weighted by molar-refractivity contribution is 5.98. The van der Waals surface area contributed by atoms with Crippen molar-refractivity contribution in [3.63, 3.8) is 0 Å². The summed E-state index contributed by atoms with van der Waals surface area (Å²) in [4.78, 5) is 23.7. The van der Waals surface area contributed by atoms with Gasteiger partial charge in [0.05, 0.1) is 11.1 Å². The van der Waals surface area contributed by atoms with Crippen LogP contribution in [0.2, 0.25) is 0 Å². The van der Waals surface area contributed by atoms with E-state index in [9.17, 15) is 14.0 Å². The van der Waals surface area contributed by atoms with Crippen molar-refractivity contribution >= 4 is 17.5 Å². The molecule has 2 amide bonds. The Bertz CT molecular complexity index is 616. The number of rotatable bonds is 4. The minimum atomic E-state index is -0.651. The van der Waals surface area contributed by atoms with E-state index in [1.54, 1.807) is 0 Å². The van der Waals surface area contributed by atoms with E-state index in [-0.39, 0.29) is 23.9 Å². The number of halogens is 1. The molecule has 1 heterocycles. The Balaban J connectivity index is 2.29. The van der Waals surface area contributed by atoms with Crippen molar-refractivity contribution in [2.24, 2.45) is 11.7 Å². The third-order valence-electron chi connectivity index (χ3n) is 4.43. The zero-order valence-electron chi connectivity index (χ0n) is 13.1. The highest BCUT2D eigenvalue weighted by Crippen LogP contribution is 2.26. The molecule has 0 bridgehead atoms. The summed E-state index contributed by atoms with van der Waals surface area (Å²) >= 11 is 0. The number of carbonyl (C=O) groups excluding carboxylic acids is 2. The molecule has 0 radical (unpaired) electrons. The van der Waals surface area contributed by atoms with Crippen molar-refractivity contribution in [1.29, 1.82) is 0 Å². The average molecular weight is 307 g/mol. The largest absolute Gasteiger partial charge is 0.345 e. The summed E-state index contributed by atoms with van der Waals surface area (Å²) in [5.41, 5.74) is 6.33. The monoisotopic (exact) mass is 307 g/mol. The summed E-state index contributed by atoms with van der Waals surface area (Å²) in [5.74, 6) is -1.17. The van der Waals surface area contributed by atoms with Gasteiger partial charge in [0.2, 0.25) is 5.91 Å². The number of aryl methyl sites for hydroxylation is 1. The fraction of sp³-hybridized carbons (Fsp3) is 0.500. The molecule has 5 nitrogen and oxygen atoms in total. The Morgan fingerprint density at radius 2 is 2.14 bits per heavy atom. The Kier molecular flexibility index (Phi) is 4.51. The number of hydrogen-bond acceptors (Lipinski definition) is 3. The van der Waals surface area contributed by atoms with Crippen LogP contribution in [0.25, 0.3) is 0 Å². The Hall–Kier alpha value is -1.95. The van der Waals surface area contributed by atoms with Gasteiger partial charge in [-0.05, 0) is 37.0 Å². The highest BCUT2D eigenvalue weighted by atomic mass is 19.1. The molecular formula is C16H22FN3O2. The summed E-state index contributed by atoms with van der Waals surface area (Å²) in [7, 11) is 0. The lowest BCUT2D eigenvalue weighted by atomic mass is 9.88. The molecule has 22 heavy (non-hydrogen) atoms. The van der Waals surface area contributed by atoms with Crippen molar-refractivity contribution in [2.45, 2.75) is 39.2 Å². The summed E-state index contributed by atoms with van der Waals surface area (Å²) in [5, 5.41) is 5.44. The number of fused-ring (bicyclic) bond motifs is 1. The van der Waals surface area contributed by atoms with Crippen molar-refractivity contribution < 1.29 is 14.0 Å². The van der Waals surface area contributed by atoms with Crippen LogP contribution in [0.3, 0.4) is 0 Å². The molecule has 1 aliphatic rings. The molecule has 0 aromatic heterocycles. The zero-order valence-corrected chi connectivity index (χ0v) is 13.1. The van der Waals surface area contributed by atoms with Crippen LogP contribution in [0, 0.1) is 11.7 Å². The molecule has 2 rings (SSSR count). The number of amides is 2. The van der Waals surface area contributed by atoms with E-state index >= 15 is 0 Å². The van der Waals surface area contributed by atoms with Crippen molar-refractivity contribution in [1.82, 2.24) is 5.32 Å². The lowest BCUT2D eigenvalue weighted by Crippen LogP contribution is -2.55. The van der Waals surface area contributed by atoms with E-state index in [4.69, 9.17) is 5.73 Å². The SMILES string of the molecule is CC(C)C(C)(CN)NC(=O)c1cc2c(cc1F)NC(=O)CC2. The molecule has 1 aromatic carbocycles. The van der Waals surface area contributed by atoms with Crippen molar-refractivity contribution in [3.05, 3.63) is 29.1 Å². The third kappa shape index (κ3) is 3.11. The number of carbonyl (C=O) groups is 2. The number of anilines is 1. The second-order valence-corrected chi connectivity index (χ2v) is 6.27. The molecule has 120 valence electrons. The quantitative estimate of drug-likeness (QED) is 0.793. The van der Waals surface area contributed by atoms with Gasteiger partial charge in [-0.25, -0.2) is 4.39 Å². The maximum Gasteiger partial charge on any atom is 0.254 e. The van der Waals surface area contributed by atoms with Gasteiger partial charge >= 0.3 is 0 Å². The number of nitrogens with two attached hydrogens (primary N) is 1. The molecule has 6 heteroatoms. The number of hydrogen-bond donors (Lipinski definition) is 3. The molecule has 0 saturated carbocycles. The fourth-order valence-electron chi connectivity index (χ4n) is 2.33. The van der Waals surface area contributed by atoms with E-state index in [1.807, 2.05) is 20.8 Å². The van der Waals surface area contributed by atoms with Gasteiger partial charge in [0, 0.05) is 18.7 Å². The van der Waals surface area contributed by atoms with Crippen LogP contribution >= 0.6 is 0 Å². The van der Waals surface area contributed by atoms with Crippen LogP contribution in [-0.4, -0.2) is 23.9 Å². The molecular weight excluding hydrogens is 285 g/mol. The van der Waals surface area contributed by atoms with E-state index in [1.165, 1.54) is 12.1 Å². The van der Waals surface area contributed by atoms with Gasteiger partial charge in [0.25, 0.3) is 5.91 Å². The lowest BCUT2D eigenvalue weighted by molar-refractivity contribution is -0.116. The van der Waals surface area contributed by atoms with Crippen LogP contribution in [0.1, 0.15) is 43.1 Å². The maximum atomic E-state index is 14.2. The molecule has 0 saturated heterocycles. The highest BCUT2D eigenvalue weighted by Gasteiger charge is 2.30. The van der Waals surface area contributed by atoms with E-state index in [0.717, 1.165) is 5.56 Å². The van der Waals surface area contributed by atoms with Crippen LogP contribution in [0.15, 0.2) is 12.1 Å². The summed E-state index contributed by atoms with van der Waals surface area (Å²) < 4.78 is 14.2. The van der Waals surface area contributed by atoms with Crippen LogP contribution in [0.4, 0.5) is 10.1 Å². The first kappa shape index (κ1) is 16.4. The van der Waals surface area contributed by atoms with Gasteiger partial charge in [-0.1, -0.05) is 13.8 Å². The van der Waals surface area contributed by atoms with Crippen LogP contribution < -0.4 is 16.4 Å². The molecule has 1 aromatic rings. The molecule has 1 unspecified atom stereocenters. The van der Waals surface area contributed by atoms with E-state index in [0.29, 0.717) is 18.5 Å². The van der Waals surface area contributed by atoms with Crippen LogP contribution in [0.5, 0.6) is 0 Å². The first-order chi connectivity index (χ1) is 10.3. The standard InChI is InChI=1S/C16H22FN3O2/c1-9(2)16(3,8-18)20-15(22)11-6-10-4-5-14(21)19-13(10)7-12(11)17/h6-7,9H,4-5,8,18H2,1-3H3,(H,19,21)(H,20,22). The fourth-order valence-corrected chi connectivity index (χ4v) is 2.33. The second kappa shape index (κ2) is 6.04. The van der Waals surface area contributed by atoms with Crippen LogP contribution in [-0.2, 0) is 11.2 Å². The summed E-state index contributed by atoms with van der Waals surface area (Å²) in [6.45, 7) is 6.00. The predicted molar refractivity (Wildman–Crippen MR) is 83.1 cm³/mol. The third-order valence-corrected chi connectivity index (χ3v) is 4.43. The van der Waals surface area contributed by atoms with Gasteiger partial charge < -0.3 is 16.4 Å². The number of benzene rings is 1.